The van der Waals surface area contributed by atoms with E-state index in [0.29, 0.717) is 10.7 Å². The molecule has 0 aliphatic carbocycles. The lowest BCUT2D eigenvalue weighted by Crippen LogP contribution is -2.51. The Kier molecular flexibility index (Phi) is 9.43. The van der Waals surface area contributed by atoms with E-state index in [0.717, 1.165) is 38.4 Å². The molecule has 5 aromatic rings. The van der Waals surface area contributed by atoms with Gasteiger partial charge in [-0.05, 0) is 47.2 Å². The van der Waals surface area contributed by atoms with Crippen LogP contribution >= 0.6 is 11.3 Å². The Morgan fingerprint density at radius 3 is 2.04 bits per heavy atom. The van der Waals surface area contributed by atoms with Gasteiger partial charge in [-0.3, -0.25) is 19.1 Å². The summed E-state index contributed by atoms with van der Waals surface area (Å²) < 4.78 is 1.83. The second-order valence-corrected chi connectivity index (χ2v) is 13.2. The van der Waals surface area contributed by atoms with Gasteiger partial charge in [0.05, 0.1) is 10.6 Å². The van der Waals surface area contributed by atoms with E-state index in [1.807, 2.05) is 72.4 Å². The highest BCUT2D eigenvalue weighted by Crippen LogP contribution is 2.30. The van der Waals surface area contributed by atoms with Gasteiger partial charge >= 0.3 is 5.97 Å². The Bertz CT molecular complexity index is 1840. The highest BCUT2D eigenvalue weighted by molar-refractivity contribution is 7.14. The molecule has 236 valence electrons. The van der Waals surface area contributed by atoms with E-state index in [4.69, 9.17) is 0 Å². The highest BCUT2D eigenvalue weighted by atomic mass is 32.1. The summed E-state index contributed by atoms with van der Waals surface area (Å²) in [4.78, 5) is 48.3. The van der Waals surface area contributed by atoms with E-state index in [9.17, 15) is 19.5 Å². The minimum absolute atomic E-state index is 0.116. The van der Waals surface area contributed by atoms with E-state index in [-0.39, 0.29) is 17.7 Å². The lowest BCUT2D eigenvalue weighted by atomic mass is 9.95. The molecule has 5 rings (SSSR count). The van der Waals surface area contributed by atoms with Crippen LogP contribution in [0.15, 0.2) is 85.3 Å². The second kappa shape index (κ2) is 13.5. The molecule has 2 atom stereocenters. The largest absolute Gasteiger partial charge is 0.480 e. The molecule has 10 nitrogen and oxygen atoms in total. The van der Waals surface area contributed by atoms with Crippen LogP contribution in [0.25, 0.3) is 33.8 Å². The Morgan fingerprint density at radius 1 is 0.848 bits per heavy atom. The summed E-state index contributed by atoms with van der Waals surface area (Å²) in [5, 5.41) is 18.8. The molecule has 3 N–H and O–H groups in total. The smallest absolute Gasteiger partial charge is 0.325 e. The number of hydrogen-bond donors (Lipinski definition) is 3. The molecule has 0 aliphatic rings. The van der Waals surface area contributed by atoms with Gasteiger partial charge in [0, 0.05) is 48.1 Å². The van der Waals surface area contributed by atoms with Crippen molar-refractivity contribution < 1.29 is 19.5 Å². The van der Waals surface area contributed by atoms with Gasteiger partial charge in [-0.1, -0.05) is 69.3 Å². The number of benzene rings is 2. The van der Waals surface area contributed by atoms with Gasteiger partial charge in [0.1, 0.15) is 12.1 Å². The van der Waals surface area contributed by atoms with Gasteiger partial charge in [0.15, 0.2) is 5.82 Å². The topological polar surface area (TPSA) is 139 Å². The molecule has 0 unspecified atom stereocenters. The van der Waals surface area contributed by atoms with Crippen molar-refractivity contribution >= 4 is 29.1 Å². The zero-order chi connectivity index (χ0) is 33.0. The molecule has 2 amide bonds. The number of nitrogens with one attached hydrogen (secondary N) is 2. The average molecular weight is 637 g/mol. The molecule has 0 saturated carbocycles. The Hall–Kier alpha value is -5.16. The average Bonchev–Trinajstić information content (AvgIpc) is 3.71. The third kappa shape index (κ3) is 7.55. The number of carboxylic acid groups (broad SMARTS) is 1. The first kappa shape index (κ1) is 32.2. The van der Waals surface area contributed by atoms with Crippen LogP contribution in [-0.4, -0.2) is 54.7 Å². The number of nitrogens with zero attached hydrogens (tertiary/aromatic N) is 4. The van der Waals surface area contributed by atoms with Crippen molar-refractivity contribution in [1.29, 1.82) is 0 Å². The summed E-state index contributed by atoms with van der Waals surface area (Å²) in [7, 11) is 1.91. The summed E-state index contributed by atoms with van der Waals surface area (Å²) in [6.07, 6.45) is 5.50. The van der Waals surface area contributed by atoms with Crippen molar-refractivity contribution in [2.75, 3.05) is 0 Å². The molecule has 46 heavy (non-hydrogen) atoms. The molecule has 2 aromatic carbocycles. The first-order valence-corrected chi connectivity index (χ1v) is 15.6. The fourth-order valence-corrected chi connectivity index (χ4v) is 5.79. The number of amides is 2. The van der Waals surface area contributed by atoms with E-state index >= 15 is 0 Å². The maximum absolute atomic E-state index is 13.1. The zero-order valence-corrected chi connectivity index (χ0v) is 27.1. The van der Waals surface area contributed by atoms with Crippen molar-refractivity contribution in [3.8, 4) is 33.8 Å². The van der Waals surface area contributed by atoms with Crippen molar-refractivity contribution in [2.45, 2.75) is 51.6 Å². The van der Waals surface area contributed by atoms with Crippen LogP contribution in [0.5, 0.6) is 0 Å². The van der Waals surface area contributed by atoms with Crippen LogP contribution in [0, 0.1) is 0 Å². The molecule has 3 heterocycles. The van der Waals surface area contributed by atoms with E-state index in [1.165, 1.54) is 18.3 Å². The molecular weight excluding hydrogens is 600 g/mol. The van der Waals surface area contributed by atoms with Crippen LogP contribution in [0.4, 0.5) is 0 Å². The van der Waals surface area contributed by atoms with Crippen LogP contribution in [-0.2, 0) is 28.5 Å². The third-order valence-electron chi connectivity index (χ3n) is 7.56. The number of carboxylic acids is 1. The maximum atomic E-state index is 13.1. The van der Waals surface area contributed by atoms with Gasteiger partial charge in [0.2, 0.25) is 5.91 Å². The fraction of sp³-hybridized carbons (Fsp3) is 0.257. The molecule has 0 radical (unpaired) electrons. The first-order valence-electron chi connectivity index (χ1n) is 14.8. The summed E-state index contributed by atoms with van der Waals surface area (Å²) in [5.74, 6) is -1.58. The van der Waals surface area contributed by atoms with Crippen molar-refractivity contribution in [1.82, 2.24) is 30.4 Å². The summed E-state index contributed by atoms with van der Waals surface area (Å²) in [5.41, 5.74) is 5.43. The zero-order valence-electron chi connectivity index (χ0n) is 26.3. The van der Waals surface area contributed by atoms with E-state index in [1.54, 1.807) is 24.7 Å². The number of aliphatic carboxylic acids is 1. The SMILES string of the molecule is C[C@@H](NC(=O)[C@H](Cc1ccc(-c2ncc(-c3ccc(-c4ccnn4C)cc3)cn2)cc1)NC(=O)c1ccc(C(C)(C)C)s1)C(=O)O. The number of aromatic nitrogens is 4. The van der Waals surface area contributed by atoms with Gasteiger partial charge in [-0.2, -0.15) is 5.10 Å². The fourth-order valence-electron chi connectivity index (χ4n) is 4.82. The first-order chi connectivity index (χ1) is 21.9. The number of carbonyl (C=O) groups is 3. The van der Waals surface area contributed by atoms with Crippen LogP contribution in [0.3, 0.4) is 0 Å². The van der Waals surface area contributed by atoms with Crippen LogP contribution < -0.4 is 10.6 Å². The quantitative estimate of drug-likeness (QED) is 0.184. The van der Waals surface area contributed by atoms with E-state index < -0.39 is 24.0 Å². The Morgan fingerprint density at radius 2 is 1.48 bits per heavy atom. The summed E-state index contributed by atoms with van der Waals surface area (Å²) in [6.45, 7) is 7.58. The summed E-state index contributed by atoms with van der Waals surface area (Å²) in [6, 6.07) is 19.1. The monoisotopic (exact) mass is 636 g/mol. The predicted molar refractivity (Wildman–Crippen MR) is 178 cm³/mol. The minimum atomic E-state index is -1.16. The summed E-state index contributed by atoms with van der Waals surface area (Å²) >= 11 is 1.37. The molecular formula is C35H36N6O4S. The van der Waals surface area contributed by atoms with Crippen molar-refractivity contribution in [2.24, 2.45) is 7.05 Å². The lowest BCUT2D eigenvalue weighted by molar-refractivity contribution is -0.141. The van der Waals surface area contributed by atoms with Crippen molar-refractivity contribution in [3.63, 3.8) is 0 Å². The third-order valence-corrected chi connectivity index (χ3v) is 9.07. The number of rotatable bonds is 10. The van der Waals surface area contributed by atoms with Crippen LogP contribution in [0.2, 0.25) is 0 Å². The van der Waals surface area contributed by atoms with Gasteiger partial charge in [-0.15, -0.1) is 11.3 Å². The molecule has 0 bridgehead atoms. The highest BCUT2D eigenvalue weighted by Gasteiger charge is 2.26. The molecule has 0 spiro atoms. The molecule has 0 saturated heterocycles. The predicted octanol–water partition coefficient (Wildman–Crippen LogP) is 5.50. The number of hydrogen-bond acceptors (Lipinski definition) is 7. The molecule has 11 heteroatoms. The number of carbonyl (C=O) groups excluding carboxylic acids is 2. The lowest BCUT2D eigenvalue weighted by Gasteiger charge is -2.20. The molecule has 0 aliphatic heterocycles. The molecule has 0 fully saturated rings. The van der Waals surface area contributed by atoms with Gasteiger partial charge < -0.3 is 15.7 Å². The normalized spacial score (nSPS) is 12.7. The van der Waals surface area contributed by atoms with Crippen LogP contribution in [0.1, 0.15) is 47.8 Å². The Labute approximate surface area is 271 Å². The van der Waals surface area contributed by atoms with E-state index in [2.05, 4.69) is 46.5 Å². The molecule has 3 aromatic heterocycles. The Balaban J connectivity index is 1.28. The number of aryl methyl sites for hydroxylation is 1. The number of thiophene rings is 1. The standard InChI is InChI=1S/C35H36N6O4S/c1-21(34(44)45)39-32(42)27(40-33(43)29-14-15-30(46-29)35(2,3)4)18-22-6-8-25(9-7-22)31-36-19-26(20-37-31)23-10-12-24(13-11-23)28-16-17-38-41(28)5/h6-17,19-21,27H,18H2,1-5H3,(H,39,42)(H,40,43)(H,44,45)/t21-,27+/m1/s1. The maximum Gasteiger partial charge on any atom is 0.325 e. The van der Waals surface area contributed by atoms with Crippen molar-refractivity contribution in [3.05, 3.63) is 101 Å². The van der Waals surface area contributed by atoms with Gasteiger partial charge in [0.25, 0.3) is 5.91 Å². The van der Waals surface area contributed by atoms with Gasteiger partial charge in [-0.25, -0.2) is 9.97 Å². The second-order valence-electron chi connectivity index (χ2n) is 12.1. The minimum Gasteiger partial charge on any atom is -0.480 e.